The summed E-state index contributed by atoms with van der Waals surface area (Å²) < 4.78 is 5.11. The van der Waals surface area contributed by atoms with E-state index in [0.717, 1.165) is 5.69 Å². The van der Waals surface area contributed by atoms with Crippen LogP contribution in [0.15, 0.2) is 36.4 Å². The van der Waals surface area contributed by atoms with Crippen molar-refractivity contribution in [2.45, 2.75) is 20.3 Å². The molecule has 0 bridgehead atoms. The highest BCUT2D eigenvalue weighted by atomic mass is 35.5. The maximum atomic E-state index is 12.9. The smallest absolute Gasteiger partial charge is 0.340 e. The second-order valence-corrected chi connectivity index (χ2v) is 7.74. The summed E-state index contributed by atoms with van der Waals surface area (Å²) >= 11 is 17.5. The van der Waals surface area contributed by atoms with Gasteiger partial charge in [-0.1, -0.05) is 35.4 Å². The number of benzene rings is 2. The molecule has 0 aliphatic rings. The van der Waals surface area contributed by atoms with E-state index in [2.05, 4.69) is 0 Å². The molecule has 8 heteroatoms. The summed E-state index contributed by atoms with van der Waals surface area (Å²) in [5, 5.41) is 1.02. The number of amides is 1. The Labute approximate surface area is 186 Å². The molecule has 2 rings (SSSR count). The lowest BCUT2D eigenvalue weighted by atomic mass is 10.1. The Bertz CT molecular complexity index is 932. The molecule has 0 aliphatic heterocycles. The number of carbonyl (C=O) groups excluding carboxylic acids is 2. The molecule has 2 aromatic carbocycles. The Balaban J connectivity index is 2.24. The minimum absolute atomic E-state index is 0.00467. The van der Waals surface area contributed by atoms with Crippen LogP contribution in [0.4, 0.5) is 11.4 Å². The topological polar surface area (TPSA) is 49.9 Å². The summed E-state index contributed by atoms with van der Waals surface area (Å²) in [5.41, 5.74) is 2.21. The molecule has 0 atom stereocenters. The molecule has 29 heavy (non-hydrogen) atoms. The zero-order valence-electron chi connectivity index (χ0n) is 16.7. The van der Waals surface area contributed by atoms with Crippen molar-refractivity contribution in [3.8, 4) is 0 Å². The molecule has 0 unspecified atom stereocenters. The second kappa shape index (κ2) is 10.1. The molecular formula is C21H22Cl2N2O3S. The van der Waals surface area contributed by atoms with Gasteiger partial charge < -0.3 is 14.5 Å². The van der Waals surface area contributed by atoms with Gasteiger partial charge in [0.1, 0.15) is 0 Å². The zero-order chi connectivity index (χ0) is 21.7. The van der Waals surface area contributed by atoms with Gasteiger partial charge in [-0.15, -0.1) is 0 Å². The van der Waals surface area contributed by atoms with Crippen LogP contribution in [0.1, 0.15) is 29.3 Å². The van der Waals surface area contributed by atoms with E-state index < -0.39 is 5.97 Å². The number of nitrogens with zero attached hydrogens (tertiary/aromatic N) is 2. The van der Waals surface area contributed by atoms with Crippen LogP contribution >= 0.6 is 35.4 Å². The average Bonchev–Trinajstić information content (AvgIpc) is 2.67. The fourth-order valence-corrected chi connectivity index (χ4v) is 3.47. The number of aryl methyl sites for hydroxylation is 1. The fraction of sp³-hybridized carbons (Fsp3) is 0.286. The highest BCUT2D eigenvalue weighted by molar-refractivity contribution is 7.80. The van der Waals surface area contributed by atoms with E-state index in [1.807, 2.05) is 12.1 Å². The van der Waals surface area contributed by atoms with Crippen LogP contribution in [0.3, 0.4) is 0 Å². The molecule has 0 heterocycles. The summed E-state index contributed by atoms with van der Waals surface area (Å²) in [6.07, 6.45) is -0.00467. The molecule has 154 valence electrons. The summed E-state index contributed by atoms with van der Waals surface area (Å²) in [4.78, 5) is 28.9. The van der Waals surface area contributed by atoms with Gasteiger partial charge in [-0.2, -0.15) is 0 Å². The van der Waals surface area contributed by atoms with E-state index in [-0.39, 0.29) is 24.5 Å². The van der Waals surface area contributed by atoms with Gasteiger partial charge in [0.2, 0.25) is 5.91 Å². The number of rotatable bonds is 6. The molecule has 0 saturated carbocycles. The maximum Gasteiger partial charge on any atom is 0.340 e. The van der Waals surface area contributed by atoms with E-state index >= 15 is 0 Å². The van der Waals surface area contributed by atoms with Crippen LogP contribution < -0.4 is 9.80 Å². The molecule has 0 aliphatic carbocycles. The lowest BCUT2D eigenvalue weighted by molar-refractivity contribution is -0.117. The molecule has 0 aromatic heterocycles. The van der Waals surface area contributed by atoms with Gasteiger partial charge >= 0.3 is 5.97 Å². The minimum atomic E-state index is -0.534. The Kier molecular flexibility index (Phi) is 8.02. The van der Waals surface area contributed by atoms with E-state index in [1.165, 1.54) is 11.0 Å². The Hall–Kier alpha value is -2.15. The van der Waals surface area contributed by atoms with Crippen molar-refractivity contribution in [3.63, 3.8) is 0 Å². The molecule has 0 N–H and O–H groups in total. The predicted molar refractivity (Wildman–Crippen MR) is 123 cm³/mol. The van der Waals surface area contributed by atoms with Crippen LogP contribution in [0.5, 0.6) is 0 Å². The van der Waals surface area contributed by atoms with Crippen molar-refractivity contribution < 1.29 is 14.3 Å². The number of thiocarbonyl (C=S) groups is 1. The number of hydrogen-bond acceptors (Lipinski definition) is 4. The molecule has 1 amide bonds. The van der Waals surface area contributed by atoms with Gasteiger partial charge in [0.25, 0.3) is 0 Å². The fourth-order valence-electron chi connectivity index (χ4n) is 2.85. The van der Waals surface area contributed by atoms with E-state index in [9.17, 15) is 9.59 Å². The first-order chi connectivity index (χ1) is 13.6. The number of halogens is 2. The number of ether oxygens (including phenoxy) is 1. The van der Waals surface area contributed by atoms with E-state index in [4.69, 9.17) is 40.2 Å². The molecular weight excluding hydrogens is 431 g/mol. The largest absolute Gasteiger partial charge is 0.462 e. The molecule has 0 saturated heterocycles. The molecule has 5 nitrogen and oxygen atoms in total. The third kappa shape index (κ3) is 5.69. The average molecular weight is 453 g/mol. The van der Waals surface area contributed by atoms with Gasteiger partial charge in [-0.25, -0.2) is 4.79 Å². The summed E-state index contributed by atoms with van der Waals surface area (Å²) in [7, 11) is 3.39. The van der Waals surface area contributed by atoms with Crippen LogP contribution in [0.25, 0.3) is 0 Å². The van der Waals surface area contributed by atoms with Crippen LogP contribution in [-0.2, 0) is 9.53 Å². The maximum absolute atomic E-state index is 12.9. The Morgan fingerprint density at radius 3 is 2.24 bits per heavy atom. The molecule has 0 spiro atoms. The second-order valence-electron chi connectivity index (χ2n) is 6.40. The van der Waals surface area contributed by atoms with Crippen molar-refractivity contribution in [2.24, 2.45) is 0 Å². The van der Waals surface area contributed by atoms with Crippen LogP contribution in [0.2, 0.25) is 10.0 Å². The first kappa shape index (κ1) is 23.1. The lowest BCUT2D eigenvalue weighted by Gasteiger charge is -2.25. The highest BCUT2D eigenvalue weighted by Gasteiger charge is 2.24. The van der Waals surface area contributed by atoms with Gasteiger partial charge in [0.05, 0.1) is 29.3 Å². The monoisotopic (exact) mass is 452 g/mol. The van der Waals surface area contributed by atoms with E-state index in [1.54, 1.807) is 51.0 Å². The zero-order valence-corrected chi connectivity index (χ0v) is 19.0. The minimum Gasteiger partial charge on any atom is -0.462 e. The summed E-state index contributed by atoms with van der Waals surface area (Å²) in [5.74, 6) is -0.791. The number of anilines is 2. The molecule has 0 radical (unpaired) electrons. The third-order valence-electron chi connectivity index (χ3n) is 4.36. The number of hydrogen-bond donors (Lipinski definition) is 0. The van der Waals surface area contributed by atoms with Gasteiger partial charge in [-0.3, -0.25) is 4.79 Å². The Morgan fingerprint density at radius 1 is 1.03 bits per heavy atom. The van der Waals surface area contributed by atoms with Crippen molar-refractivity contribution in [1.82, 2.24) is 0 Å². The summed E-state index contributed by atoms with van der Waals surface area (Å²) in [6, 6.07) is 10.4. The van der Waals surface area contributed by atoms with Crippen molar-refractivity contribution in [2.75, 3.05) is 30.5 Å². The first-order valence-electron chi connectivity index (χ1n) is 8.91. The van der Waals surface area contributed by atoms with Gasteiger partial charge in [0.15, 0.2) is 0 Å². The van der Waals surface area contributed by atoms with Gasteiger partial charge in [0, 0.05) is 29.8 Å². The SMILES string of the molecule is CCOC(=O)c1cc(Cl)cc(C)c1N(C)C(=O)CC(=S)N(C)c1ccc(Cl)cc1. The quantitative estimate of drug-likeness (QED) is 0.439. The third-order valence-corrected chi connectivity index (χ3v) is 5.25. The normalized spacial score (nSPS) is 10.4. The highest BCUT2D eigenvalue weighted by Crippen LogP contribution is 2.30. The molecule has 2 aromatic rings. The summed E-state index contributed by atoms with van der Waals surface area (Å²) in [6.45, 7) is 3.72. The lowest BCUT2D eigenvalue weighted by Crippen LogP contribution is -2.34. The van der Waals surface area contributed by atoms with E-state index in [0.29, 0.717) is 26.3 Å². The van der Waals surface area contributed by atoms with Gasteiger partial charge in [-0.05, 0) is 55.8 Å². The molecule has 0 fully saturated rings. The van der Waals surface area contributed by atoms with Crippen LogP contribution in [0, 0.1) is 6.92 Å². The van der Waals surface area contributed by atoms with Crippen molar-refractivity contribution in [3.05, 3.63) is 57.6 Å². The number of esters is 1. The van der Waals surface area contributed by atoms with Crippen molar-refractivity contribution in [1.29, 1.82) is 0 Å². The predicted octanol–water partition coefficient (Wildman–Crippen LogP) is 5.30. The standard InChI is InChI=1S/C21H22Cl2N2O3S/c1-5-28-21(27)17-11-15(23)10-13(2)20(17)25(4)18(26)12-19(29)24(3)16-8-6-14(22)7-9-16/h6-11H,5,12H2,1-4H3. The van der Waals surface area contributed by atoms with Crippen LogP contribution in [-0.4, -0.2) is 37.6 Å². The number of carbonyl (C=O) groups is 2. The Morgan fingerprint density at radius 2 is 1.66 bits per heavy atom. The first-order valence-corrected chi connectivity index (χ1v) is 10.1. The van der Waals surface area contributed by atoms with Crippen molar-refractivity contribution >= 4 is 63.7 Å².